The van der Waals surface area contributed by atoms with Gasteiger partial charge in [0.25, 0.3) is 5.69 Å². The maximum Gasteiger partial charge on any atom is 0.283 e. The Balaban J connectivity index is 2.77. The predicted molar refractivity (Wildman–Crippen MR) is 71.1 cm³/mol. The van der Waals surface area contributed by atoms with Crippen LogP contribution >= 0.6 is 15.9 Å². The van der Waals surface area contributed by atoms with Gasteiger partial charge in [-0.1, -0.05) is 12.1 Å². The van der Waals surface area contributed by atoms with Crippen LogP contribution in [0.3, 0.4) is 0 Å². The first-order chi connectivity index (χ1) is 8.06. The maximum absolute atomic E-state index is 10.8. The standard InChI is InChI=1S/C11H16BrN3O2/c1-13-6-7-14(2)8-9-4-3-5-10(11(9)12)15(16)17/h3-5,13H,6-8H2,1-2H3. The van der Waals surface area contributed by atoms with Crippen LogP contribution < -0.4 is 5.32 Å². The van der Waals surface area contributed by atoms with Gasteiger partial charge >= 0.3 is 0 Å². The lowest BCUT2D eigenvalue weighted by molar-refractivity contribution is -0.385. The van der Waals surface area contributed by atoms with E-state index in [0.717, 1.165) is 18.7 Å². The van der Waals surface area contributed by atoms with Gasteiger partial charge in [-0.25, -0.2) is 0 Å². The fourth-order valence-corrected chi connectivity index (χ4v) is 2.04. The van der Waals surface area contributed by atoms with Crippen molar-refractivity contribution in [1.82, 2.24) is 10.2 Å². The van der Waals surface area contributed by atoms with Gasteiger partial charge in [-0.15, -0.1) is 0 Å². The summed E-state index contributed by atoms with van der Waals surface area (Å²) in [7, 11) is 3.89. The summed E-state index contributed by atoms with van der Waals surface area (Å²) in [6.07, 6.45) is 0. The van der Waals surface area contributed by atoms with Crippen molar-refractivity contribution < 1.29 is 4.92 Å². The SMILES string of the molecule is CNCCN(C)Cc1cccc([N+](=O)[O-])c1Br. The highest BCUT2D eigenvalue weighted by Gasteiger charge is 2.15. The van der Waals surface area contributed by atoms with Crippen molar-refractivity contribution >= 4 is 21.6 Å². The molecule has 0 atom stereocenters. The van der Waals surface area contributed by atoms with Crippen LogP contribution in [-0.2, 0) is 6.54 Å². The number of nitro groups is 1. The maximum atomic E-state index is 10.8. The lowest BCUT2D eigenvalue weighted by Gasteiger charge is -2.17. The van der Waals surface area contributed by atoms with E-state index in [9.17, 15) is 10.1 Å². The molecule has 0 unspecified atom stereocenters. The third-order valence-corrected chi connectivity index (χ3v) is 3.35. The number of halogens is 1. The van der Waals surface area contributed by atoms with Gasteiger partial charge in [0.1, 0.15) is 0 Å². The topological polar surface area (TPSA) is 58.4 Å². The highest BCUT2D eigenvalue weighted by Crippen LogP contribution is 2.28. The first kappa shape index (κ1) is 14.1. The third-order valence-electron chi connectivity index (χ3n) is 2.44. The molecular formula is C11H16BrN3O2. The second-order valence-corrected chi connectivity index (χ2v) is 4.64. The van der Waals surface area contributed by atoms with E-state index < -0.39 is 0 Å². The summed E-state index contributed by atoms with van der Waals surface area (Å²) < 4.78 is 0.571. The van der Waals surface area contributed by atoms with Gasteiger partial charge in [0.2, 0.25) is 0 Å². The molecule has 0 saturated carbocycles. The van der Waals surface area contributed by atoms with E-state index in [1.807, 2.05) is 20.2 Å². The Bertz CT molecular complexity index is 398. The van der Waals surface area contributed by atoms with Crippen LogP contribution in [0.1, 0.15) is 5.56 Å². The Morgan fingerprint density at radius 2 is 2.24 bits per heavy atom. The summed E-state index contributed by atoms with van der Waals surface area (Å²) in [5.41, 5.74) is 1.04. The molecule has 0 fully saturated rings. The van der Waals surface area contributed by atoms with Crippen molar-refractivity contribution in [3.8, 4) is 0 Å². The zero-order valence-electron chi connectivity index (χ0n) is 9.94. The van der Waals surface area contributed by atoms with Gasteiger partial charge < -0.3 is 10.2 Å². The molecule has 0 aliphatic rings. The molecule has 94 valence electrons. The fourth-order valence-electron chi connectivity index (χ4n) is 1.50. The molecule has 0 saturated heterocycles. The molecule has 6 heteroatoms. The highest BCUT2D eigenvalue weighted by molar-refractivity contribution is 9.10. The van der Waals surface area contributed by atoms with Crippen LogP contribution in [0.2, 0.25) is 0 Å². The lowest BCUT2D eigenvalue weighted by Crippen LogP contribution is -2.27. The average molecular weight is 302 g/mol. The largest absolute Gasteiger partial charge is 0.318 e. The minimum atomic E-state index is -0.374. The number of nitro benzene ring substituents is 1. The molecule has 0 amide bonds. The molecule has 0 aliphatic carbocycles. The van der Waals surface area contributed by atoms with E-state index in [1.54, 1.807) is 6.07 Å². The van der Waals surface area contributed by atoms with E-state index in [4.69, 9.17) is 0 Å². The zero-order valence-corrected chi connectivity index (χ0v) is 11.5. The third kappa shape index (κ3) is 4.07. The fraction of sp³-hybridized carbons (Fsp3) is 0.455. The van der Waals surface area contributed by atoms with Crippen molar-refractivity contribution in [3.63, 3.8) is 0 Å². The number of likely N-dealkylation sites (N-methyl/N-ethyl adjacent to an activating group) is 2. The molecule has 0 bridgehead atoms. The summed E-state index contributed by atoms with van der Waals surface area (Å²) in [4.78, 5) is 12.5. The van der Waals surface area contributed by atoms with Gasteiger partial charge in [-0.2, -0.15) is 0 Å². The molecule has 0 radical (unpaired) electrons. The molecule has 0 heterocycles. The Labute approximate surface area is 109 Å². The lowest BCUT2D eigenvalue weighted by atomic mass is 10.2. The number of nitrogens with zero attached hydrogens (tertiary/aromatic N) is 2. The Morgan fingerprint density at radius 3 is 2.82 bits per heavy atom. The quantitative estimate of drug-likeness (QED) is 0.645. The van der Waals surface area contributed by atoms with Gasteiger partial charge in [0, 0.05) is 25.7 Å². The van der Waals surface area contributed by atoms with Crippen LogP contribution in [-0.4, -0.2) is 37.0 Å². The molecule has 1 N–H and O–H groups in total. The van der Waals surface area contributed by atoms with Crippen molar-refractivity contribution in [2.75, 3.05) is 27.2 Å². The molecule has 1 aromatic rings. The van der Waals surface area contributed by atoms with Crippen molar-refractivity contribution in [3.05, 3.63) is 38.3 Å². The zero-order chi connectivity index (χ0) is 12.8. The molecule has 1 aromatic carbocycles. The van der Waals surface area contributed by atoms with Crippen LogP contribution in [0, 0.1) is 10.1 Å². The van der Waals surface area contributed by atoms with Gasteiger partial charge in [0.15, 0.2) is 0 Å². The number of hydrogen-bond acceptors (Lipinski definition) is 4. The monoisotopic (exact) mass is 301 g/mol. The summed E-state index contributed by atoms with van der Waals surface area (Å²) in [6.45, 7) is 2.47. The van der Waals surface area contributed by atoms with Crippen LogP contribution in [0.15, 0.2) is 22.7 Å². The Hall–Kier alpha value is -0.980. The van der Waals surface area contributed by atoms with Gasteiger partial charge in [-0.3, -0.25) is 10.1 Å². The predicted octanol–water partition coefficient (Wildman–Crippen LogP) is 2.01. The second kappa shape index (κ2) is 6.68. The summed E-state index contributed by atoms with van der Waals surface area (Å²) >= 11 is 3.29. The minimum absolute atomic E-state index is 0.115. The van der Waals surface area contributed by atoms with Crippen molar-refractivity contribution in [2.45, 2.75) is 6.54 Å². The molecule has 17 heavy (non-hydrogen) atoms. The van der Waals surface area contributed by atoms with E-state index in [2.05, 4.69) is 26.1 Å². The number of rotatable bonds is 6. The number of hydrogen-bond donors (Lipinski definition) is 1. The summed E-state index contributed by atoms with van der Waals surface area (Å²) in [5.74, 6) is 0. The normalized spacial score (nSPS) is 10.8. The van der Waals surface area contributed by atoms with Crippen LogP contribution in [0.25, 0.3) is 0 Å². The van der Waals surface area contributed by atoms with E-state index in [0.29, 0.717) is 11.0 Å². The van der Waals surface area contributed by atoms with E-state index >= 15 is 0 Å². The van der Waals surface area contributed by atoms with E-state index in [-0.39, 0.29) is 10.6 Å². The number of nitrogens with one attached hydrogen (secondary N) is 1. The van der Waals surface area contributed by atoms with Gasteiger partial charge in [0.05, 0.1) is 9.40 Å². The van der Waals surface area contributed by atoms with Gasteiger partial charge in [-0.05, 0) is 35.6 Å². The molecular weight excluding hydrogens is 286 g/mol. The van der Waals surface area contributed by atoms with Crippen LogP contribution in [0.4, 0.5) is 5.69 Å². The Morgan fingerprint density at radius 1 is 1.53 bits per heavy atom. The molecule has 0 aliphatic heterocycles. The second-order valence-electron chi connectivity index (χ2n) is 3.85. The molecule has 0 aromatic heterocycles. The first-order valence-electron chi connectivity index (χ1n) is 5.31. The minimum Gasteiger partial charge on any atom is -0.318 e. The molecule has 0 spiro atoms. The summed E-state index contributed by atoms with van der Waals surface area (Å²) in [5, 5.41) is 13.9. The van der Waals surface area contributed by atoms with Crippen molar-refractivity contribution in [1.29, 1.82) is 0 Å². The molecule has 1 rings (SSSR count). The smallest absolute Gasteiger partial charge is 0.283 e. The van der Waals surface area contributed by atoms with E-state index in [1.165, 1.54) is 6.07 Å². The highest BCUT2D eigenvalue weighted by atomic mass is 79.9. The number of benzene rings is 1. The average Bonchev–Trinajstić information content (AvgIpc) is 2.28. The summed E-state index contributed by atoms with van der Waals surface area (Å²) in [6, 6.07) is 5.11. The van der Waals surface area contributed by atoms with Crippen LogP contribution in [0.5, 0.6) is 0 Å². The van der Waals surface area contributed by atoms with Crippen molar-refractivity contribution in [2.24, 2.45) is 0 Å². The Kier molecular flexibility index (Phi) is 5.54. The first-order valence-corrected chi connectivity index (χ1v) is 6.10. The molecule has 5 nitrogen and oxygen atoms in total.